The number of nitrogens with two attached hydrogens (primary N) is 1. The largest absolute Gasteiger partial charge is 0.444 e. The molecule has 6 nitrogen and oxygen atoms in total. The lowest BCUT2D eigenvalue weighted by molar-refractivity contribution is 0.0288. The van der Waals surface area contributed by atoms with Gasteiger partial charge in [-0.15, -0.1) is 0 Å². The number of amides is 1. The first-order valence-electron chi connectivity index (χ1n) is 5.43. The summed E-state index contributed by atoms with van der Waals surface area (Å²) < 4.78 is 5.30. The van der Waals surface area contributed by atoms with Crippen LogP contribution in [0.5, 0.6) is 0 Å². The Bertz CT molecular complexity index is 334. The molecule has 2 aliphatic heterocycles. The summed E-state index contributed by atoms with van der Waals surface area (Å²) in [5, 5.41) is 3.95. The van der Waals surface area contributed by atoms with Crippen LogP contribution in [-0.2, 0) is 4.74 Å². The summed E-state index contributed by atoms with van der Waals surface area (Å²) in [6, 6.07) is 0.146. The van der Waals surface area contributed by atoms with Gasteiger partial charge in [0.05, 0.1) is 12.0 Å². The number of ether oxygens (including phenoxy) is 1. The molecule has 0 aliphatic carbocycles. The SMILES string of the molecule is CC(C)(C)OC(=O)N1C[C@H]2NN=C(N)[C@@H]2C1. The number of fused-ring (bicyclic) bond motifs is 1. The number of amidine groups is 1. The number of hydrogen-bond donors (Lipinski definition) is 2. The highest BCUT2D eigenvalue weighted by Gasteiger charge is 2.41. The van der Waals surface area contributed by atoms with Crippen LogP contribution in [-0.4, -0.2) is 41.6 Å². The summed E-state index contributed by atoms with van der Waals surface area (Å²) >= 11 is 0. The Hall–Kier alpha value is -1.46. The standard InChI is InChI=1S/C10H18N4O2/c1-10(2,3)16-9(15)14-4-6-7(5-14)12-13-8(6)11/h6-7,12H,4-5H2,1-3H3,(H2,11,13)/t6-,7-/m1/s1. The van der Waals surface area contributed by atoms with E-state index in [-0.39, 0.29) is 18.1 Å². The van der Waals surface area contributed by atoms with E-state index in [9.17, 15) is 4.79 Å². The zero-order valence-corrected chi connectivity index (χ0v) is 9.86. The van der Waals surface area contributed by atoms with Crippen molar-refractivity contribution in [1.82, 2.24) is 10.3 Å². The van der Waals surface area contributed by atoms with Gasteiger partial charge in [0.1, 0.15) is 11.4 Å². The third-order valence-corrected chi connectivity index (χ3v) is 2.71. The van der Waals surface area contributed by atoms with Crippen LogP contribution in [0.1, 0.15) is 20.8 Å². The summed E-state index contributed by atoms with van der Waals surface area (Å²) in [6.45, 7) is 6.76. The molecular formula is C10H18N4O2. The van der Waals surface area contributed by atoms with E-state index in [1.54, 1.807) is 4.90 Å². The van der Waals surface area contributed by atoms with E-state index in [4.69, 9.17) is 10.5 Å². The highest BCUT2D eigenvalue weighted by molar-refractivity contribution is 5.86. The first-order chi connectivity index (χ1) is 7.37. The van der Waals surface area contributed by atoms with Gasteiger partial charge in [-0.3, -0.25) is 0 Å². The average Bonchev–Trinajstić information content (AvgIpc) is 2.65. The molecule has 90 valence electrons. The Kier molecular flexibility index (Phi) is 2.44. The summed E-state index contributed by atoms with van der Waals surface area (Å²) in [5.41, 5.74) is 8.19. The van der Waals surface area contributed by atoms with E-state index in [2.05, 4.69) is 10.5 Å². The first kappa shape index (κ1) is 11.0. The fourth-order valence-electron chi connectivity index (χ4n) is 1.95. The highest BCUT2D eigenvalue weighted by Crippen LogP contribution is 2.22. The molecule has 1 saturated heterocycles. The number of carbonyl (C=O) groups is 1. The molecule has 1 amide bonds. The maximum Gasteiger partial charge on any atom is 0.410 e. The predicted octanol–water partition coefficient (Wildman–Crippen LogP) is 0.0973. The summed E-state index contributed by atoms with van der Waals surface area (Å²) in [4.78, 5) is 13.5. The summed E-state index contributed by atoms with van der Waals surface area (Å²) in [7, 11) is 0. The van der Waals surface area contributed by atoms with Crippen molar-refractivity contribution in [3.8, 4) is 0 Å². The van der Waals surface area contributed by atoms with E-state index in [1.165, 1.54) is 0 Å². The minimum atomic E-state index is -0.457. The van der Waals surface area contributed by atoms with Crippen molar-refractivity contribution in [2.45, 2.75) is 32.4 Å². The second kappa shape index (κ2) is 3.54. The number of hydrogen-bond acceptors (Lipinski definition) is 5. The van der Waals surface area contributed by atoms with E-state index >= 15 is 0 Å². The maximum absolute atomic E-state index is 11.8. The van der Waals surface area contributed by atoms with Crippen LogP contribution in [0, 0.1) is 5.92 Å². The van der Waals surface area contributed by atoms with Crippen LogP contribution < -0.4 is 11.2 Å². The van der Waals surface area contributed by atoms with Gasteiger partial charge in [-0.05, 0) is 20.8 Å². The lowest BCUT2D eigenvalue weighted by atomic mass is 10.1. The normalized spacial score (nSPS) is 28.4. The van der Waals surface area contributed by atoms with Gasteiger partial charge in [0, 0.05) is 13.1 Å². The van der Waals surface area contributed by atoms with E-state index in [1.807, 2.05) is 20.8 Å². The molecule has 0 saturated carbocycles. The first-order valence-corrected chi connectivity index (χ1v) is 5.43. The van der Waals surface area contributed by atoms with Crippen molar-refractivity contribution < 1.29 is 9.53 Å². The molecule has 0 unspecified atom stereocenters. The molecule has 2 atom stereocenters. The number of rotatable bonds is 0. The number of hydrazone groups is 1. The fraction of sp³-hybridized carbons (Fsp3) is 0.800. The molecule has 3 N–H and O–H groups in total. The molecule has 2 rings (SSSR count). The predicted molar refractivity (Wildman–Crippen MR) is 59.8 cm³/mol. The van der Waals surface area contributed by atoms with Crippen molar-refractivity contribution in [2.24, 2.45) is 16.8 Å². The van der Waals surface area contributed by atoms with Gasteiger partial charge in [0.15, 0.2) is 0 Å². The zero-order valence-electron chi connectivity index (χ0n) is 9.86. The van der Waals surface area contributed by atoms with E-state index in [0.29, 0.717) is 18.9 Å². The minimum Gasteiger partial charge on any atom is -0.444 e. The molecule has 0 aromatic carbocycles. The van der Waals surface area contributed by atoms with Crippen molar-refractivity contribution in [3.63, 3.8) is 0 Å². The van der Waals surface area contributed by atoms with Gasteiger partial charge in [-0.2, -0.15) is 5.10 Å². The molecule has 0 radical (unpaired) electrons. The smallest absolute Gasteiger partial charge is 0.410 e. The van der Waals surface area contributed by atoms with Crippen LogP contribution in [0.2, 0.25) is 0 Å². The van der Waals surface area contributed by atoms with Crippen LogP contribution in [0.15, 0.2) is 5.10 Å². The van der Waals surface area contributed by atoms with Crippen LogP contribution in [0.3, 0.4) is 0 Å². The Morgan fingerprint density at radius 3 is 2.81 bits per heavy atom. The van der Waals surface area contributed by atoms with Gasteiger partial charge >= 0.3 is 6.09 Å². The molecule has 2 aliphatic rings. The van der Waals surface area contributed by atoms with E-state index in [0.717, 1.165) is 0 Å². The van der Waals surface area contributed by atoms with E-state index < -0.39 is 5.60 Å². The summed E-state index contributed by atoms with van der Waals surface area (Å²) in [5.74, 6) is 0.712. The minimum absolute atomic E-state index is 0.132. The van der Waals surface area contributed by atoms with Gasteiger partial charge < -0.3 is 20.8 Å². The Morgan fingerprint density at radius 1 is 1.56 bits per heavy atom. The average molecular weight is 226 g/mol. The lowest BCUT2D eigenvalue weighted by Gasteiger charge is -2.24. The Morgan fingerprint density at radius 2 is 2.25 bits per heavy atom. The molecule has 2 heterocycles. The molecule has 0 aromatic heterocycles. The van der Waals surface area contributed by atoms with Gasteiger partial charge in [0.2, 0.25) is 0 Å². The molecule has 1 fully saturated rings. The Labute approximate surface area is 94.8 Å². The fourth-order valence-corrected chi connectivity index (χ4v) is 1.95. The van der Waals surface area contributed by atoms with Gasteiger partial charge in [0.25, 0.3) is 0 Å². The number of carbonyl (C=O) groups excluding carboxylic acids is 1. The molecule has 6 heteroatoms. The van der Waals surface area contributed by atoms with Crippen LogP contribution in [0.25, 0.3) is 0 Å². The highest BCUT2D eigenvalue weighted by atomic mass is 16.6. The van der Waals surface area contributed by atoms with Crippen molar-refractivity contribution in [3.05, 3.63) is 0 Å². The van der Waals surface area contributed by atoms with Crippen LogP contribution >= 0.6 is 0 Å². The van der Waals surface area contributed by atoms with Crippen molar-refractivity contribution >= 4 is 11.9 Å². The molecule has 0 aromatic rings. The molecule has 0 spiro atoms. The lowest BCUT2D eigenvalue weighted by Crippen LogP contribution is -2.37. The third kappa shape index (κ3) is 2.05. The van der Waals surface area contributed by atoms with Crippen molar-refractivity contribution in [1.29, 1.82) is 0 Å². The zero-order chi connectivity index (χ0) is 11.9. The number of nitrogens with zero attached hydrogens (tertiary/aromatic N) is 2. The third-order valence-electron chi connectivity index (χ3n) is 2.71. The topological polar surface area (TPSA) is 80.0 Å². The molecule has 0 bridgehead atoms. The van der Waals surface area contributed by atoms with Crippen LogP contribution in [0.4, 0.5) is 4.79 Å². The van der Waals surface area contributed by atoms with Gasteiger partial charge in [-0.25, -0.2) is 4.79 Å². The maximum atomic E-state index is 11.8. The molecule has 16 heavy (non-hydrogen) atoms. The molecular weight excluding hydrogens is 208 g/mol. The Balaban J connectivity index is 1.94. The monoisotopic (exact) mass is 226 g/mol. The number of nitrogens with one attached hydrogen (secondary N) is 1. The van der Waals surface area contributed by atoms with Gasteiger partial charge in [-0.1, -0.05) is 0 Å². The van der Waals surface area contributed by atoms with Crippen molar-refractivity contribution in [2.75, 3.05) is 13.1 Å². The second-order valence-electron chi connectivity index (χ2n) is 5.26. The summed E-state index contributed by atoms with van der Waals surface area (Å²) in [6.07, 6.45) is -0.281. The quantitative estimate of drug-likeness (QED) is 0.614. The number of likely N-dealkylation sites (tertiary alicyclic amines) is 1. The second-order valence-corrected chi connectivity index (χ2v) is 5.26.